The lowest BCUT2D eigenvalue weighted by atomic mass is 9.83. The molecule has 1 aliphatic heterocycles. The lowest BCUT2D eigenvalue weighted by molar-refractivity contribution is -0.130. The minimum Gasteiger partial charge on any atom is -0.494 e. The number of nitrogens with one attached hydrogen (secondary N) is 2. The number of hydrogen-bond donors (Lipinski definition) is 3. The number of methoxy groups -OCH3 is 3. The number of aliphatic hydroxyl groups excluding tert-OH is 1. The fourth-order valence-corrected chi connectivity index (χ4v) is 7.38. The molecule has 0 spiro atoms. The Morgan fingerprint density at radius 3 is 2.31 bits per heavy atom. The number of nitrogens with zero attached hydrogens (tertiary/aromatic N) is 4. The molecule has 0 saturated carbocycles. The van der Waals surface area contributed by atoms with Crippen LogP contribution < -0.4 is 29.8 Å². The third-order valence-corrected chi connectivity index (χ3v) is 10.5. The Balaban J connectivity index is 1.56. The standard InChI is InChI=1S/C38H42N6O9S/c1-49-32-22-26(23-33(50-2)34(32)51-3)24-40-43-37(46)38(18-21-54(47,48)30-11-5-4-6-12-30)35(31-13-8-7-10-28(31)25-41-44-39)53-36(42-38)27-14-16-29(17-15-27)52-20-9-19-45/h4-8,10-17,22-23,35,40,45H,9,18-21,24-25H2,1-3H3,(H,43,46)/t35-,38-/m0/s1. The molecule has 0 aromatic heterocycles. The number of hydrazine groups is 1. The lowest BCUT2D eigenvalue weighted by Gasteiger charge is -2.31. The zero-order valence-corrected chi connectivity index (χ0v) is 30.9. The molecule has 0 radical (unpaired) electrons. The van der Waals surface area contributed by atoms with Crippen LogP contribution >= 0.6 is 0 Å². The lowest BCUT2D eigenvalue weighted by Crippen LogP contribution is -2.53. The smallest absolute Gasteiger partial charge is 0.266 e. The van der Waals surface area contributed by atoms with Gasteiger partial charge in [-0.3, -0.25) is 10.2 Å². The molecule has 1 aliphatic rings. The largest absolute Gasteiger partial charge is 0.494 e. The van der Waals surface area contributed by atoms with E-state index in [1.807, 2.05) is 0 Å². The van der Waals surface area contributed by atoms with E-state index in [0.29, 0.717) is 58.3 Å². The van der Waals surface area contributed by atoms with Crippen molar-refractivity contribution in [3.05, 3.63) is 124 Å². The van der Waals surface area contributed by atoms with Crippen molar-refractivity contribution in [1.29, 1.82) is 0 Å². The predicted molar refractivity (Wildman–Crippen MR) is 200 cm³/mol. The number of carbonyl (C=O) groups is 1. The summed E-state index contributed by atoms with van der Waals surface area (Å²) in [5, 5.41) is 12.9. The van der Waals surface area contributed by atoms with Gasteiger partial charge in [0.2, 0.25) is 11.6 Å². The minimum atomic E-state index is -3.90. The van der Waals surface area contributed by atoms with Crippen LogP contribution in [0.1, 0.15) is 41.2 Å². The van der Waals surface area contributed by atoms with Crippen molar-refractivity contribution in [2.24, 2.45) is 10.1 Å². The highest BCUT2D eigenvalue weighted by Gasteiger charge is 2.54. The van der Waals surface area contributed by atoms with Crippen LogP contribution in [0.3, 0.4) is 0 Å². The number of azide groups is 1. The third kappa shape index (κ3) is 9.04. The number of aliphatic imine (C=N–C) groups is 1. The van der Waals surface area contributed by atoms with Crippen molar-refractivity contribution in [2.75, 3.05) is 40.3 Å². The number of carbonyl (C=O) groups excluding carboxylic acids is 1. The number of ether oxygens (including phenoxy) is 5. The summed E-state index contributed by atoms with van der Waals surface area (Å²) in [5.74, 6) is 0.770. The van der Waals surface area contributed by atoms with Gasteiger partial charge in [-0.15, -0.1) is 0 Å². The molecule has 0 saturated heterocycles. The van der Waals surface area contributed by atoms with Gasteiger partial charge >= 0.3 is 0 Å². The fourth-order valence-electron chi connectivity index (χ4n) is 6.00. The summed E-state index contributed by atoms with van der Waals surface area (Å²) in [6.07, 6.45) is -0.966. The van der Waals surface area contributed by atoms with E-state index in [1.165, 1.54) is 33.5 Å². The van der Waals surface area contributed by atoms with Crippen molar-refractivity contribution in [1.82, 2.24) is 10.9 Å². The number of sulfone groups is 1. The van der Waals surface area contributed by atoms with Crippen molar-refractivity contribution >= 4 is 21.6 Å². The number of rotatable bonds is 19. The summed E-state index contributed by atoms with van der Waals surface area (Å²) >= 11 is 0. The SMILES string of the molecule is COc1cc(CNNC(=O)[C@@]2(CCS(=O)(=O)c3ccccc3)N=C(c3ccc(OCCCO)cc3)O[C@H]2c2ccccc2CN=[N+]=[N-])cc(OC)c1OC. The molecule has 5 rings (SSSR count). The van der Waals surface area contributed by atoms with Crippen molar-refractivity contribution in [3.63, 3.8) is 0 Å². The van der Waals surface area contributed by atoms with Crippen LogP contribution in [0, 0.1) is 0 Å². The second-order valence-corrected chi connectivity index (χ2v) is 14.2. The van der Waals surface area contributed by atoms with Crippen LogP contribution in [-0.4, -0.2) is 71.2 Å². The van der Waals surface area contributed by atoms with Gasteiger partial charge in [0.15, 0.2) is 33.0 Å². The molecule has 16 heteroatoms. The molecule has 54 heavy (non-hydrogen) atoms. The summed E-state index contributed by atoms with van der Waals surface area (Å²) < 4.78 is 56.1. The van der Waals surface area contributed by atoms with Gasteiger partial charge in [0, 0.05) is 36.5 Å². The first kappa shape index (κ1) is 39.4. The van der Waals surface area contributed by atoms with Crippen LogP contribution in [0.5, 0.6) is 23.0 Å². The van der Waals surface area contributed by atoms with E-state index >= 15 is 0 Å². The van der Waals surface area contributed by atoms with Crippen LogP contribution in [-0.2, 0) is 32.5 Å². The maximum atomic E-state index is 14.7. The average molecular weight is 759 g/mol. The molecule has 1 heterocycles. The molecule has 4 aromatic rings. The van der Waals surface area contributed by atoms with Crippen LogP contribution in [0.2, 0.25) is 0 Å². The van der Waals surface area contributed by atoms with Crippen molar-refractivity contribution < 1.29 is 42.0 Å². The Labute approximate surface area is 313 Å². The number of amides is 1. The molecule has 0 unspecified atom stereocenters. The number of hydrogen-bond acceptors (Lipinski definition) is 12. The van der Waals surface area contributed by atoms with Gasteiger partial charge in [-0.25, -0.2) is 18.8 Å². The van der Waals surface area contributed by atoms with Gasteiger partial charge in [0.25, 0.3) is 5.91 Å². The van der Waals surface area contributed by atoms with Gasteiger partial charge in [0.1, 0.15) is 5.75 Å². The van der Waals surface area contributed by atoms with Crippen molar-refractivity contribution in [3.8, 4) is 23.0 Å². The van der Waals surface area contributed by atoms with Gasteiger partial charge in [-0.1, -0.05) is 47.6 Å². The highest BCUT2D eigenvalue weighted by atomic mass is 32.2. The van der Waals surface area contributed by atoms with E-state index in [2.05, 4.69) is 20.9 Å². The van der Waals surface area contributed by atoms with E-state index in [4.69, 9.17) is 39.3 Å². The minimum absolute atomic E-state index is 0.00719. The molecule has 0 fully saturated rings. The molecule has 284 valence electrons. The summed E-state index contributed by atoms with van der Waals surface area (Å²) in [6.45, 7) is 0.363. The Bertz CT molecular complexity index is 2070. The molecular weight excluding hydrogens is 717 g/mol. The maximum absolute atomic E-state index is 14.7. The number of aliphatic hydroxyl groups is 1. The molecule has 3 N–H and O–H groups in total. The van der Waals surface area contributed by atoms with Crippen LogP contribution in [0.15, 0.2) is 106 Å². The zero-order valence-electron chi connectivity index (χ0n) is 30.1. The quantitative estimate of drug-likeness (QED) is 0.0374. The second-order valence-electron chi connectivity index (χ2n) is 12.1. The van der Waals surface area contributed by atoms with E-state index < -0.39 is 33.1 Å². The highest BCUT2D eigenvalue weighted by Crippen LogP contribution is 2.44. The van der Waals surface area contributed by atoms with Crippen LogP contribution in [0.4, 0.5) is 0 Å². The first-order chi connectivity index (χ1) is 26.2. The first-order valence-electron chi connectivity index (χ1n) is 17.0. The number of benzene rings is 4. The molecule has 1 amide bonds. The molecular formula is C38H42N6O9S. The monoisotopic (exact) mass is 758 g/mol. The molecule has 0 bridgehead atoms. The summed E-state index contributed by atoms with van der Waals surface area (Å²) in [4.78, 5) is 22.6. The first-order valence-corrected chi connectivity index (χ1v) is 18.6. The molecule has 0 aliphatic carbocycles. The average Bonchev–Trinajstić information content (AvgIpc) is 3.60. The second kappa shape index (κ2) is 18.3. The third-order valence-electron chi connectivity index (χ3n) is 8.74. The van der Waals surface area contributed by atoms with E-state index in [-0.39, 0.29) is 36.9 Å². The topological polar surface area (TPSA) is 203 Å². The molecule has 15 nitrogen and oxygen atoms in total. The summed E-state index contributed by atoms with van der Waals surface area (Å²) in [6, 6.07) is 25.3. The molecule has 2 atom stereocenters. The summed E-state index contributed by atoms with van der Waals surface area (Å²) in [7, 11) is 0.592. The van der Waals surface area contributed by atoms with E-state index in [1.54, 1.807) is 78.9 Å². The normalized spacial score (nSPS) is 16.4. The van der Waals surface area contributed by atoms with Crippen molar-refractivity contribution in [2.45, 2.75) is 42.5 Å². The van der Waals surface area contributed by atoms with Gasteiger partial charge in [0.05, 0.1) is 45.1 Å². The van der Waals surface area contributed by atoms with Crippen LogP contribution in [0.25, 0.3) is 10.4 Å². The summed E-state index contributed by atoms with van der Waals surface area (Å²) in [5.41, 5.74) is 15.3. The Hall–Kier alpha value is -5.80. The maximum Gasteiger partial charge on any atom is 0.266 e. The fraction of sp³-hybridized carbons (Fsp3) is 0.316. The Kier molecular flexibility index (Phi) is 13.4. The predicted octanol–water partition coefficient (Wildman–Crippen LogP) is 5.23. The van der Waals surface area contributed by atoms with Gasteiger partial charge < -0.3 is 28.8 Å². The molecule has 4 aromatic carbocycles. The Morgan fingerprint density at radius 1 is 0.981 bits per heavy atom. The zero-order chi connectivity index (χ0) is 38.6. The van der Waals surface area contributed by atoms with E-state index in [9.17, 15) is 13.2 Å². The highest BCUT2D eigenvalue weighted by molar-refractivity contribution is 7.91. The Morgan fingerprint density at radius 2 is 1.67 bits per heavy atom. The van der Waals surface area contributed by atoms with Gasteiger partial charge in [-0.05, 0) is 70.8 Å². The van der Waals surface area contributed by atoms with Gasteiger partial charge in [-0.2, -0.15) is 0 Å². The van der Waals surface area contributed by atoms with E-state index in [0.717, 1.165) is 0 Å².